The minimum absolute atomic E-state index is 0.0623. The zero-order valence-corrected chi connectivity index (χ0v) is 13.8. The highest BCUT2D eigenvalue weighted by Crippen LogP contribution is 2.39. The standard InChI is InChI=1S/C15H9Cl2F3N4O/c16-11-5-10(24-4-3-21-8-23-24)6-12(17)14(11)25-13-2-1-9(7-22-13)15(18,19)20/h1-8H,(H,21,23). The zero-order chi connectivity index (χ0) is 18.0. The van der Waals surface area contributed by atoms with E-state index in [0.717, 1.165) is 12.1 Å². The average molecular weight is 389 g/mol. The second-order valence-corrected chi connectivity index (χ2v) is 5.61. The van der Waals surface area contributed by atoms with Gasteiger partial charge < -0.3 is 4.74 Å². The number of aromatic nitrogens is 1. The van der Waals surface area contributed by atoms with Crippen molar-refractivity contribution in [3.8, 4) is 11.6 Å². The first-order valence-electron chi connectivity index (χ1n) is 6.78. The van der Waals surface area contributed by atoms with Crippen LogP contribution in [0.1, 0.15) is 5.56 Å². The van der Waals surface area contributed by atoms with Gasteiger partial charge in [0, 0.05) is 24.7 Å². The van der Waals surface area contributed by atoms with Gasteiger partial charge in [-0.3, -0.25) is 10.4 Å². The number of ether oxygens (including phenoxy) is 1. The molecular weight excluding hydrogens is 380 g/mol. The lowest BCUT2D eigenvalue weighted by Gasteiger charge is -2.22. The smallest absolute Gasteiger partial charge is 0.417 e. The van der Waals surface area contributed by atoms with E-state index >= 15 is 0 Å². The van der Waals surface area contributed by atoms with Gasteiger partial charge in [0.2, 0.25) is 5.88 Å². The molecule has 130 valence electrons. The molecule has 0 unspecified atom stereocenters. The Morgan fingerprint density at radius 2 is 1.84 bits per heavy atom. The Morgan fingerprint density at radius 3 is 2.36 bits per heavy atom. The molecule has 1 aromatic heterocycles. The molecule has 2 heterocycles. The average Bonchev–Trinajstić information content (AvgIpc) is 2.58. The Bertz CT molecular complexity index is 815. The fraction of sp³-hybridized carbons (Fsp3) is 0.0667. The Labute approximate surface area is 150 Å². The van der Waals surface area contributed by atoms with E-state index in [9.17, 15) is 13.2 Å². The Morgan fingerprint density at radius 1 is 1.12 bits per heavy atom. The van der Waals surface area contributed by atoms with Crippen molar-refractivity contribution < 1.29 is 17.9 Å². The van der Waals surface area contributed by atoms with E-state index in [-0.39, 0.29) is 21.7 Å². The maximum Gasteiger partial charge on any atom is 0.417 e. The number of anilines is 1. The fourth-order valence-corrected chi connectivity index (χ4v) is 2.50. The molecule has 3 rings (SSSR count). The van der Waals surface area contributed by atoms with Crippen LogP contribution in [0.3, 0.4) is 0 Å². The number of alkyl halides is 3. The molecule has 10 heteroatoms. The van der Waals surface area contributed by atoms with Crippen molar-refractivity contribution in [2.45, 2.75) is 6.18 Å². The van der Waals surface area contributed by atoms with E-state index in [1.165, 1.54) is 6.34 Å². The van der Waals surface area contributed by atoms with Crippen molar-refractivity contribution >= 4 is 35.2 Å². The summed E-state index contributed by atoms with van der Waals surface area (Å²) >= 11 is 12.4. The first kappa shape index (κ1) is 17.4. The van der Waals surface area contributed by atoms with E-state index in [4.69, 9.17) is 27.9 Å². The van der Waals surface area contributed by atoms with E-state index in [1.807, 2.05) is 0 Å². The van der Waals surface area contributed by atoms with Crippen LogP contribution in [-0.4, -0.2) is 11.3 Å². The molecule has 1 aliphatic rings. The van der Waals surface area contributed by atoms with Crippen LogP contribution in [0.2, 0.25) is 10.0 Å². The molecule has 0 amide bonds. The highest BCUT2D eigenvalue weighted by atomic mass is 35.5. The molecule has 25 heavy (non-hydrogen) atoms. The zero-order valence-electron chi connectivity index (χ0n) is 12.3. The number of pyridine rings is 1. The highest BCUT2D eigenvalue weighted by Gasteiger charge is 2.30. The monoisotopic (exact) mass is 388 g/mol. The van der Waals surface area contributed by atoms with Gasteiger partial charge in [-0.05, 0) is 18.2 Å². The van der Waals surface area contributed by atoms with Gasteiger partial charge in [0.1, 0.15) is 6.34 Å². The lowest BCUT2D eigenvalue weighted by atomic mass is 10.2. The topological polar surface area (TPSA) is 49.8 Å². The van der Waals surface area contributed by atoms with Gasteiger partial charge >= 0.3 is 6.18 Å². The van der Waals surface area contributed by atoms with Crippen molar-refractivity contribution in [1.29, 1.82) is 0 Å². The largest absolute Gasteiger partial charge is 0.436 e. The third-order valence-corrected chi connectivity index (χ3v) is 3.67. The summed E-state index contributed by atoms with van der Waals surface area (Å²) in [5.41, 5.74) is 2.60. The molecule has 0 bridgehead atoms. The normalized spacial score (nSPS) is 13.7. The van der Waals surface area contributed by atoms with Gasteiger partial charge in [0.05, 0.1) is 21.3 Å². The molecule has 0 radical (unpaired) electrons. The SMILES string of the molecule is FC(F)(F)c1ccc(Oc2c(Cl)cc(N3C=CN=CN3)cc2Cl)nc1. The van der Waals surface area contributed by atoms with Gasteiger partial charge in [0.15, 0.2) is 5.75 Å². The molecule has 0 aliphatic carbocycles. The number of hydrogen-bond acceptors (Lipinski definition) is 5. The van der Waals surface area contributed by atoms with Crippen molar-refractivity contribution in [2.75, 3.05) is 5.01 Å². The summed E-state index contributed by atoms with van der Waals surface area (Å²) in [4.78, 5) is 7.48. The number of hydrazine groups is 1. The molecule has 0 fully saturated rings. The first-order valence-corrected chi connectivity index (χ1v) is 7.54. The minimum atomic E-state index is -4.47. The van der Waals surface area contributed by atoms with E-state index < -0.39 is 11.7 Å². The third kappa shape index (κ3) is 3.97. The van der Waals surface area contributed by atoms with Crippen LogP contribution in [0.25, 0.3) is 0 Å². The lowest BCUT2D eigenvalue weighted by molar-refractivity contribution is -0.137. The molecular formula is C15H9Cl2F3N4O. The van der Waals surface area contributed by atoms with Crippen molar-refractivity contribution in [2.24, 2.45) is 4.99 Å². The number of nitrogens with one attached hydrogen (secondary N) is 1. The summed E-state index contributed by atoms with van der Waals surface area (Å²) in [7, 11) is 0. The van der Waals surface area contributed by atoms with E-state index in [2.05, 4.69) is 15.4 Å². The van der Waals surface area contributed by atoms with Crippen molar-refractivity contribution in [3.63, 3.8) is 0 Å². The summed E-state index contributed by atoms with van der Waals surface area (Å²) in [6.45, 7) is 0. The van der Waals surface area contributed by atoms with Gasteiger partial charge in [-0.1, -0.05) is 23.2 Å². The predicted molar refractivity (Wildman–Crippen MR) is 89.0 cm³/mol. The highest BCUT2D eigenvalue weighted by molar-refractivity contribution is 6.37. The van der Waals surface area contributed by atoms with Crippen molar-refractivity contribution in [1.82, 2.24) is 10.4 Å². The molecule has 0 atom stereocenters. The maximum absolute atomic E-state index is 12.5. The number of rotatable bonds is 3. The van der Waals surface area contributed by atoms with Crippen LogP contribution in [-0.2, 0) is 6.18 Å². The third-order valence-electron chi connectivity index (χ3n) is 3.10. The number of benzene rings is 1. The van der Waals surface area contributed by atoms with E-state index in [1.54, 1.807) is 29.5 Å². The second kappa shape index (κ2) is 6.81. The number of halogens is 5. The maximum atomic E-state index is 12.5. The molecule has 1 N–H and O–H groups in total. The Hall–Kier alpha value is -2.45. The fourth-order valence-electron chi connectivity index (χ4n) is 1.94. The quantitative estimate of drug-likeness (QED) is 0.801. The molecule has 1 aromatic carbocycles. The van der Waals surface area contributed by atoms with Crippen LogP contribution in [0.15, 0.2) is 47.9 Å². The molecule has 1 aliphatic heterocycles. The summed E-state index contributed by atoms with van der Waals surface area (Å²) in [6, 6.07) is 5.10. The van der Waals surface area contributed by atoms with Crippen LogP contribution in [0.5, 0.6) is 11.6 Å². The van der Waals surface area contributed by atoms with Gasteiger partial charge in [-0.25, -0.2) is 9.98 Å². The number of nitrogens with zero attached hydrogens (tertiary/aromatic N) is 3. The minimum Gasteiger partial charge on any atom is -0.436 e. The van der Waals surface area contributed by atoms with Crippen LogP contribution < -0.4 is 15.2 Å². The van der Waals surface area contributed by atoms with Crippen LogP contribution in [0, 0.1) is 0 Å². The summed E-state index contributed by atoms with van der Waals surface area (Å²) in [5, 5.41) is 1.95. The lowest BCUT2D eigenvalue weighted by Crippen LogP contribution is -2.33. The molecule has 5 nitrogen and oxygen atoms in total. The molecule has 2 aromatic rings. The summed E-state index contributed by atoms with van der Waals surface area (Å²) < 4.78 is 43.1. The van der Waals surface area contributed by atoms with Crippen LogP contribution >= 0.6 is 23.2 Å². The van der Waals surface area contributed by atoms with E-state index in [0.29, 0.717) is 11.9 Å². The molecule has 0 saturated heterocycles. The Balaban J connectivity index is 1.83. The van der Waals surface area contributed by atoms with Crippen molar-refractivity contribution in [3.05, 3.63) is 58.5 Å². The number of aliphatic imine (C=N–C) groups is 1. The molecule has 0 saturated carbocycles. The number of hydrogen-bond donors (Lipinski definition) is 1. The summed E-state index contributed by atoms with van der Waals surface area (Å²) in [6.07, 6.45) is 0.890. The predicted octanol–water partition coefficient (Wildman–Crippen LogP) is 5.02. The van der Waals surface area contributed by atoms with Gasteiger partial charge in [-0.2, -0.15) is 13.2 Å². The first-order chi connectivity index (χ1) is 11.8. The van der Waals surface area contributed by atoms with Gasteiger partial charge in [-0.15, -0.1) is 0 Å². The summed E-state index contributed by atoms with van der Waals surface area (Å²) in [5.74, 6) is 0.0293. The van der Waals surface area contributed by atoms with Crippen LogP contribution in [0.4, 0.5) is 18.9 Å². The Kier molecular flexibility index (Phi) is 4.73. The van der Waals surface area contributed by atoms with Gasteiger partial charge in [0.25, 0.3) is 0 Å². The molecule has 0 spiro atoms. The second-order valence-electron chi connectivity index (χ2n) is 4.80.